The maximum Gasteiger partial charge on any atom is 0.161 e. The summed E-state index contributed by atoms with van der Waals surface area (Å²) >= 11 is 0. The molecule has 2 rings (SSSR count). The molecule has 2 aromatic carbocycles. The zero-order valence-corrected chi connectivity index (χ0v) is 12.2. The van der Waals surface area contributed by atoms with E-state index in [1.807, 2.05) is 36.4 Å². The summed E-state index contributed by atoms with van der Waals surface area (Å²) in [6, 6.07) is 15.8. The SMILES string of the molecule is COc1cc(/C=C/C#N)ccc1OCc1ccc(C)cc1. The average Bonchev–Trinajstić information content (AvgIpc) is 2.52. The lowest BCUT2D eigenvalue weighted by Crippen LogP contribution is -1.98. The number of nitriles is 1. The number of ether oxygens (including phenoxy) is 2. The quantitative estimate of drug-likeness (QED) is 0.773. The number of nitrogens with zero attached hydrogens (tertiary/aromatic N) is 1. The third kappa shape index (κ3) is 4.12. The molecule has 0 saturated carbocycles. The maximum atomic E-state index is 8.55. The van der Waals surface area contributed by atoms with Gasteiger partial charge in [-0.15, -0.1) is 0 Å². The molecule has 0 N–H and O–H groups in total. The van der Waals surface area contributed by atoms with E-state index in [-0.39, 0.29) is 0 Å². The Morgan fingerprint density at radius 2 is 1.86 bits per heavy atom. The molecule has 0 saturated heterocycles. The smallest absolute Gasteiger partial charge is 0.161 e. The molecule has 0 unspecified atom stereocenters. The van der Waals surface area contributed by atoms with Crippen molar-refractivity contribution in [1.82, 2.24) is 0 Å². The summed E-state index contributed by atoms with van der Waals surface area (Å²) in [5.41, 5.74) is 3.23. The summed E-state index contributed by atoms with van der Waals surface area (Å²) in [5.74, 6) is 1.34. The van der Waals surface area contributed by atoms with Crippen LogP contribution in [-0.4, -0.2) is 7.11 Å². The Morgan fingerprint density at radius 3 is 2.52 bits per heavy atom. The number of rotatable bonds is 5. The average molecular weight is 279 g/mol. The van der Waals surface area contributed by atoms with Crippen LogP contribution in [0.25, 0.3) is 6.08 Å². The summed E-state index contributed by atoms with van der Waals surface area (Å²) in [6.07, 6.45) is 3.16. The zero-order chi connectivity index (χ0) is 15.1. The van der Waals surface area contributed by atoms with Crippen molar-refractivity contribution in [2.24, 2.45) is 0 Å². The Bertz CT molecular complexity index is 667. The molecule has 0 amide bonds. The molecule has 3 nitrogen and oxygen atoms in total. The first-order valence-corrected chi connectivity index (χ1v) is 6.65. The standard InChI is InChI=1S/C18H17NO2/c1-14-5-7-16(8-6-14)13-21-17-10-9-15(4-3-11-19)12-18(17)20-2/h3-10,12H,13H2,1-2H3/b4-3+. The van der Waals surface area contributed by atoms with E-state index in [1.54, 1.807) is 13.2 Å². The van der Waals surface area contributed by atoms with E-state index in [0.29, 0.717) is 18.1 Å². The van der Waals surface area contributed by atoms with Crippen molar-refractivity contribution in [1.29, 1.82) is 5.26 Å². The molecule has 0 fully saturated rings. The fourth-order valence-corrected chi connectivity index (χ4v) is 1.89. The van der Waals surface area contributed by atoms with Crippen LogP contribution in [0.5, 0.6) is 11.5 Å². The van der Waals surface area contributed by atoms with E-state index < -0.39 is 0 Å². The summed E-state index contributed by atoms with van der Waals surface area (Å²) < 4.78 is 11.1. The van der Waals surface area contributed by atoms with Crippen LogP contribution in [0.1, 0.15) is 16.7 Å². The predicted molar refractivity (Wildman–Crippen MR) is 83.2 cm³/mol. The van der Waals surface area contributed by atoms with Gasteiger partial charge >= 0.3 is 0 Å². The van der Waals surface area contributed by atoms with Gasteiger partial charge in [-0.05, 0) is 36.3 Å². The fraction of sp³-hybridized carbons (Fsp3) is 0.167. The summed E-state index contributed by atoms with van der Waals surface area (Å²) in [7, 11) is 1.60. The van der Waals surface area contributed by atoms with Crippen molar-refractivity contribution in [3.05, 3.63) is 65.2 Å². The van der Waals surface area contributed by atoms with E-state index in [1.165, 1.54) is 11.6 Å². The summed E-state index contributed by atoms with van der Waals surface area (Å²) in [6.45, 7) is 2.55. The Morgan fingerprint density at radius 1 is 1.10 bits per heavy atom. The highest BCUT2D eigenvalue weighted by atomic mass is 16.5. The van der Waals surface area contributed by atoms with E-state index in [4.69, 9.17) is 14.7 Å². The van der Waals surface area contributed by atoms with Crippen molar-refractivity contribution in [3.8, 4) is 17.6 Å². The van der Waals surface area contributed by atoms with Crippen LogP contribution in [0.3, 0.4) is 0 Å². The molecule has 0 aliphatic carbocycles. The van der Waals surface area contributed by atoms with Gasteiger partial charge in [-0.25, -0.2) is 0 Å². The number of benzene rings is 2. The van der Waals surface area contributed by atoms with Crippen molar-refractivity contribution in [2.45, 2.75) is 13.5 Å². The highest BCUT2D eigenvalue weighted by Crippen LogP contribution is 2.29. The number of aryl methyl sites for hydroxylation is 1. The van der Waals surface area contributed by atoms with Crippen LogP contribution in [0, 0.1) is 18.3 Å². The number of methoxy groups -OCH3 is 1. The minimum atomic E-state index is 0.490. The number of hydrogen-bond donors (Lipinski definition) is 0. The van der Waals surface area contributed by atoms with Gasteiger partial charge in [0, 0.05) is 6.08 Å². The first-order chi connectivity index (χ1) is 10.2. The highest BCUT2D eigenvalue weighted by Gasteiger charge is 2.05. The van der Waals surface area contributed by atoms with E-state index >= 15 is 0 Å². The second kappa shape index (κ2) is 7.16. The van der Waals surface area contributed by atoms with Gasteiger partial charge in [0.1, 0.15) is 6.61 Å². The fourth-order valence-electron chi connectivity index (χ4n) is 1.89. The Kier molecular flexibility index (Phi) is 5.00. The Hall–Kier alpha value is -2.73. The zero-order valence-electron chi connectivity index (χ0n) is 12.2. The van der Waals surface area contributed by atoms with Gasteiger partial charge in [0.05, 0.1) is 13.2 Å². The highest BCUT2D eigenvalue weighted by molar-refractivity contribution is 5.57. The third-order valence-corrected chi connectivity index (χ3v) is 3.05. The first-order valence-electron chi connectivity index (χ1n) is 6.65. The van der Waals surface area contributed by atoms with Crippen molar-refractivity contribution in [2.75, 3.05) is 7.11 Å². The molecular formula is C18H17NO2. The lowest BCUT2D eigenvalue weighted by molar-refractivity contribution is 0.284. The monoisotopic (exact) mass is 279 g/mol. The maximum absolute atomic E-state index is 8.55. The van der Waals surface area contributed by atoms with Gasteiger partial charge < -0.3 is 9.47 Å². The van der Waals surface area contributed by atoms with Crippen LogP contribution < -0.4 is 9.47 Å². The number of hydrogen-bond acceptors (Lipinski definition) is 3. The van der Waals surface area contributed by atoms with Crippen LogP contribution in [0.4, 0.5) is 0 Å². The van der Waals surface area contributed by atoms with Crippen LogP contribution in [-0.2, 0) is 6.61 Å². The summed E-state index contributed by atoms with van der Waals surface area (Å²) in [5, 5.41) is 8.55. The molecule has 2 aromatic rings. The van der Waals surface area contributed by atoms with Gasteiger partial charge in [0.15, 0.2) is 11.5 Å². The molecule has 0 atom stereocenters. The minimum absolute atomic E-state index is 0.490. The predicted octanol–water partition coefficient (Wildman–Crippen LogP) is 4.12. The number of allylic oxidation sites excluding steroid dienone is 1. The molecule has 0 radical (unpaired) electrons. The molecule has 3 heteroatoms. The van der Waals surface area contributed by atoms with Crippen LogP contribution in [0.15, 0.2) is 48.5 Å². The second-order valence-corrected chi connectivity index (χ2v) is 4.65. The molecule has 0 aliphatic heterocycles. The molecule has 0 heterocycles. The van der Waals surface area contributed by atoms with Gasteiger partial charge in [0.2, 0.25) is 0 Å². The molecule has 0 aromatic heterocycles. The van der Waals surface area contributed by atoms with E-state index in [9.17, 15) is 0 Å². The molecule has 106 valence electrons. The van der Waals surface area contributed by atoms with Crippen molar-refractivity contribution >= 4 is 6.08 Å². The van der Waals surface area contributed by atoms with Crippen molar-refractivity contribution < 1.29 is 9.47 Å². The van der Waals surface area contributed by atoms with Gasteiger partial charge in [0.25, 0.3) is 0 Å². The lowest BCUT2D eigenvalue weighted by Gasteiger charge is -2.11. The Balaban J connectivity index is 2.10. The third-order valence-electron chi connectivity index (χ3n) is 3.05. The van der Waals surface area contributed by atoms with Crippen LogP contribution >= 0.6 is 0 Å². The lowest BCUT2D eigenvalue weighted by atomic mass is 10.1. The molecule has 21 heavy (non-hydrogen) atoms. The van der Waals surface area contributed by atoms with Crippen LogP contribution in [0.2, 0.25) is 0 Å². The van der Waals surface area contributed by atoms with Crippen molar-refractivity contribution in [3.63, 3.8) is 0 Å². The van der Waals surface area contributed by atoms with E-state index in [2.05, 4.69) is 19.1 Å². The van der Waals surface area contributed by atoms with E-state index in [0.717, 1.165) is 11.1 Å². The second-order valence-electron chi connectivity index (χ2n) is 4.65. The Labute approximate surface area is 125 Å². The normalized spacial score (nSPS) is 10.3. The summed E-state index contributed by atoms with van der Waals surface area (Å²) in [4.78, 5) is 0. The molecule has 0 bridgehead atoms. The van der Waals surface area contributed by atoms with Gasteiger partial charge in [-0.1, -0.05) is 35.9 Å². The largest absolute Gasteiger partial charge is 0.493 e. The molecule has 0 spiro atoms. The van der Waals surface area contributed by atoms with Gasteiger partial charge in [-0.2, -0.15) is 5.26 Å². The molecule has 0 aliphatic rings. The van der Waals surface area contributed by atoms with Gasteiger partial charge in [-0.3, -0.25) is 0 Å². The topological polar surface area (TPSA) is 42.2 Å². The molecular weight excluding hydrogens is 262 g/mol. The minimum Gasteiger partial charge on any atom is -0.493 e. The first kappa shape index (κ1) is 14.7.